The Hall–Kier alpha value is -2.62. The molecule has 0 aliphatic rings. The van der Waals surface area contributed by atoms with Crippen molar-refractivity contribution in [2.75, 3.05) is 13.7 Å². The van der Waals surface area contributed by atoms with Crippen molar-refractivity contribution in [1.29, 1.82) is 0 Å². The number of carbonyl (C=O) groups excluding carboxylic acids is 2. The number of carbonyl (C=O) groups is 2. The summed E-state index contributed by atoms with van der Waals surface area (Å²) in [7, 11) is 1.33. The van der Waals surface area contributed by atoms with Crippen molar-refractivity contribution in [2.45, 2.75) is 33.6 Å². The summed E-state index contributed by atoms with van der Waals surface area (Å²) in [5.41, 5.74) is 2.77. The summed E-state index contributed by atoms with van der Waals surface area (Å²) >= 11 is 0. The second kappa shape index (κ2) is 16.2. The molecule has 0 fully saturated rings. The Morgan fingerprint density at radius 1 is 1.12 bits per heavy atom. The quantitative estimate of drug-likeness (QED) is 0.414. The third-order valence-corrected chi connectivity index (χ3v) is 2.71. The van der Waals surface area contributed by atoms with Gasteiger partial charge in [-0.15, -0.1) is 0 Å². The van der Waals surface area contributed by atoms with Crippen LogP contribution in [-0.2, 0) is 19.1 Å². The average Bonchev–Trinajstić information content (AvgIpc) is 2.62. The molecule has 0 bridgehead atoms. The first-order valence-electron chi connectivity index (χ1n) is 8.04. The van der Waals surface area contributed by atoms with Crippen LogP contribution in [0.2, 0.25) is 0 Å². The van der Waals surface area contributed by atoms with Crippen molar-refractivity contribution in [3.05, 3.63) is 67.3 Å². The molecule has 4 heteroatoms. The summed E-state index contributed by atoms with van der Waals surface area (Å²) in [5, 5.41) is 0. The van der Waals surface area contributed by atoms with Crippen molar-refractivity contribution in [1.82, 2.24) is 0 Å². The van der Waals surface area contributed by atoms with Gasteiger partial charge in [-0.3, -0.25) is 0 Å². The van der Waals surface area contributed by atoms with Crippen molar-refractivity contribution in [3.8, 4) is 0 Å². The number of allylic oxidation sites excluding steroid dienone is 1. The van der Waals surface area contributed by atoms with Gasteiger partial charge in [-0.25, -0.2) is 9.59 Å². The highest BCUT2D eigenvalue weighted by molar-refractivity contribution is 5.86. The van der Waals surface area contributed by atoms with E-state index in [0.717, 1.165) is 18.4 Å². The smallest absolute Gasteiger partial charge is 0.332 e. The molecular formula is C21H30O4. The monoisotopic (exact) mass is 346 g/mol. The van der Waals surface area contributed by atoms with Crippen molar-refractivity contribution in [2.24, 2.45) is 0 Å². The number of rotatable bonds is 6. The van der Waals surface area contributed by atoms with E-state index in [2.05, 4.69) is 41.3 Å². The molecule has 1 rings (SSSR count). The maximum atomic E-state index is 10.3. The van der Waals surface area contributed by atoms with Crippen LogP contribution in [0.5, 0.6) is 0 Å². The second-order valence-electron chi connectivity index (χ2n) is 5.14. The van der Waals surface area contributed by atoms with Gasteiger partial charge in [-0.1, -0.05) is 69.0 Å². The van der Waals surface area contributed by atoms with Crippen LogP contribution in [0.15, 0.2) is 61.7 Å². The fraction of sp³-hybridized carbons (Fsp3) is 0.333. The first-order chi connectivity index (χ1) is 11.8. The minimum Gasteiger partial charge on any atom is -0.466 e. The average molecular weight is 346 g/mol. The zero-order valence-corrected chi connectivity index (χ0v) is 15.8. The predicted octanol–water partition coefficient (Wildman–Crippen LogP) is 4.97. The number of esters is 2. The van der Waals surface area contributed by atoms with E-state index in [1.165, 1.54) is 18.7 Å². The summed E-state index contributed by atoms with van der Waals surface area (Å²) in [5.74, 6) is -0.677. The molecular weight excluding hydrogens is 316 g/mol. The molecule has 0 aliphatic carbocycles. The van der Waals surface area contributed by atoms with Crippen LogP contribution in [0, 0.1) is 0 Å². The van der Waals surface area contributed by atoms with Gasteiger partial charge in [0.25, 0.3) is 0 Å². The molecule has 0 atom stereocenters. The van der Waals surface area contributed by atoms with Crippen molar-refractivity contribution < 1.29 is 19.1 Å². The Balaban J connectivity index is 0. The normalized spacial score (nSPS) is 8.48. The highest BCUT2D eigenvalue weighted by Crippen LogP contribution is 2.08. The zero-order valence-electron chi connectivity index (χ0n) is 15.8. The van der Waals surface area contributed by atoms with E-state index in [1.807, 2.05) is 32.0 Å². The van der Waals surface area contributed by atoms with E-state index >= 15 is 0 Å². The minimum atomic E-state index is -0.347. The van der Waals surface area contributed by atoms with E-state index in [1.54, 1.807) is 6.92 Å². The number of hydrogen-bond acceptors (Lipinski definition) is 4. The molecule has 0 aliphatic heterocycles. The van der Waals surface area contributed by atoms with Gasteiger partial charge < -0.3 is 9.47 Å². The molecule has 1 aromatic rings. The van der Waals surface area contributed by atoms with Crippen molar-refractivity contribution >= 4 is 17.5 Å². The molecule has 0 N–H and O–H groups in total. The van der Waals surface area contributed by atoms with Gasteiger partial charge in [0.2, 0.25) is 0 Å². The molecule has 0 radical (unpaired) electrons. The highest BCUT2D eigenvalue weighted by Gasteiger charge is 1.95. The fourth-order valence-electron chi connectivity index (χ4n) is 1.27. The zero-order chi connectivity index (χ0) is 19.7. The molecule has 1 aromatic carbocycles. The van der Waals surface area contributed by atoms with E-state index in [4.69, 9.17) is 0 Å². The lowest BCUT2D eigenvalue weighted by Gasteiger charge is -1.97. The number of hydrogen-bond donors (Lipinski definition) is 0. The summed E-state index contributed by atoms with van der Waals surface area (Å²) < 4.78 is 8.95. The van der Waals surface area contributed by atoms with Crippen LogP contribution < -0.4 is 0 Å². The predicted molar refractivity (Wildman–Crippen MR) is 104 cm³/mol. The third kappa shape index (κ3) is 16.0. The fourth-order valence-corrected chi connectivity index (χ4v) is 1.27. The first kappa shape index (κ1) is 24.6. The summed E-state index contributed by atoms with van der Waals surface area (Å²) in [4.78, 5) is 20.5. The highest BCUT2D eigenvalue weighted by atomic mass is 16.5. The van der Waals surface area contributed by atoms with Crippen LogP contribution in [0.25, 0.3) is 5.57 Å². The van der Waals surface area contributed by atoms with Crippen LogP contribution in [0.1, 0.15) is 39.2 Å². The molecule has 0 saturated carbocycles. The molecule has 25 heavy (non-hydrogen) atoms. The standard InChI is InChI=1S/C9H10.C7H12O2.C5H8O2/c1-8(2)9-6-4-3-5-7-9;1-3-5-6-9-7(8)4-2;1-4(2)5(6)7-3/h3-7H,1H2,2H3;4H,2-3,5-6H2,1H3;1H2,2-3H3. The number of benzene rings is 1. The maximum absolute atomic E-state index is 10.3. The Labute approximate surface area is 151 Å². The minimum absolute atomic E-state index is 0.330. The maximum Gasteiger partial charge on any atom is 0.332 e. The SMILES string of the molecule is C=C(C)C(=O)OC.C=C(C)c1ccccc1.C=CC(=O)OCCCC. The summed E-state index contributed by atoms with van der Waals surface area (Å²) in [6.45, 7) is 16.6. The molecule has 0 spiro atoms. The van der Waals surface area contributed by atoms with E-state index in [9.17, 15) is 9.59 Å². The second-order valence-corrected chi connectivity index (χ2v) is 5.14. The number of methoxy groups -OCH3 is 1. The lowest BCUT2D eigenvalue weighted by Crippen LogP contribution is -2.00. The van der Waals surface area contributed by atoms with Crippen LogP contribution in [-0.4, -0.2) is 25.7 Å². The third-order valence-electron chi connectivity index (χ3n) is 2.71. The Morgan fingerprint density at radius 3 is 1.96 bits per heavy atom. The molecule has 138 valence electrons. The summed E-state index contributed by atoms with van der Waals surface area (Å²) in [6.07, 6.45) is 3.15. The molecule has 0 saturated heterocycles. The van der Waals surface area contributed by atoms with Crippen LogP contribution >= 0.6 is 0 Å². The Bertz CT molecular complexity index is 544. The Morgan fingerprint density at radius 2 is 1.68 bits per heavy atom. The lowest BCUT2D eigenvalue weighted by molar-refractivity contribution is -0.138. The van der Waals surface area contributed by atoms with E-state index < -0.39 is 0 Å². The number of ether oxygens (including phenoxy) is 2. The largest absolute Gasteiger partial charge is 0.466 e. The topological polar surface area (TPSA) is 52.6 Å². The summed E-state index contributed by atoms with van der Waals surface area (Å²) in [6, 6.07) is 10.2. The Kier molecular flexibility index (Phi) is 16.0. The molecule has 0 unspecified atom stereocenters. The van der Waals surface area contributed by atoms with Crippen molar-refractivity contribution in [3.63, 3.8) is 0 Å². The number of unbranched alkanes of at least 4 members (excludes halogenated alkanes) is 1. The van der Waals surface area contributed by atoms with Gasteiger partial charge in [-0.2, -0.15) is 0 Å². The lowest BCUT2D eigenvalue weighted by atomic mass is 10.1. The van der Waals surface area contributed by atoms with Gasteiger partial charge in [0.1, 0.15) is 0 Å². The molecule has 0 amide bonds. The molecule has 0 aromatic heterocycles. The van der Waals surface area contributed by atoms with Crippen LogP contribution in [0.3, 0.4) is 0 Å². The van der Waals surface area contributed by atoms with Gasteiger partial charge in [-0.05, 0) is 25.8 Å². The first-order valence-corrected chi connectivity index (χ1v) is 8.04. The van der Waals surface area contributed by atoms with E-state index in [-0.39, 0.29) is 11.9 Å². The molecule has 0 heterocycles. The van der Waals surface area contributed by atoms with Gasteiger partial charge in [0, 0.05) is 11.6 Å². The van der Waals surface area contributed by atoms with Gasteiger partial charge >= 0.3 is 11.9 Å². The van der Waals surface area contributed by atoms with E-state index in [0.29, 0.717) is 12.2 Å². The molecule has 4 nitrogen and oxygen atoms in total. The van der Waals surface area contributed by atoms with Crippen LogP contribution in [0.4, 0.5) is 0 Å². The van der Waals surface area contributed by atoms with Gasteiger partial charge in [0.05, 0.1) is 13.7 Å². The van der Waals surface area contributed by atoms with Gasteiger partial charge in [0.15, 0.2) is 0 Å².